The third kappa shape index (κ3) is 4.66. The van der Waals surface area contributed by atoms with Gasteiger partial charge in [-0.2, -0.15) is 5.26 Å². The predicted molar refractivity (Wildman–Crippen MR) is 157 cm³/mol. The number of fused-ring (bicyclic) bond motifs is 3. The van der Waals surface area contributed by atoms with E-state index in [0.717, 1.165) is 51.4 Å². The SMILES string of the molecule is C=C1Nc2ccc(CNC(=C)C3=NC4=C(C)CNN4C(C(=O)NC4CCc5c4ccc(C(=O)C#N)c5C)=C3)cc2N1. The Morgan fingerprint density at radius 2 is 2.00 bits per heavy atom. The van der Waals surface area contributed by atoms with E-state index in [2.05, 4.69) is 39.9 Å². The van der Waals surface area contributed by atoms with Crippen molar-refractivity contribution >= 4 is 28.8 Å². The lowest BCUT2D eigenvalue weighted by Gasteiger charge is -2.28. The van der Waals surface area contributed by atoms with Crippen molar-refractivity contribution in [2.75, 3.05) is 17.2 Å². The largest absolute Gasteiger partial charge is 0.380 e. The number of benzene rings is 2. The first-order valence-electron chi connectivity index (χ1n) is 13.4. The van der Waals surface area contributed by atoms with E-state index in [1.807, 2.05) is 38.1 Å². The minimum Gasteiger partial charge on any atom is -0.380 e. The number of nitrogens with zero attached hydrogens (tertiary/aromatic N) is 3. The number of rotatable bonds is 7. The van der Waals surface area contributed by atoms with Gasteiger partial charge in [-0.3, -0.25) is 14.6 Å². The summed E-state index contributed by atoms with van der Waals surface area (Å²) in [6.07, 6.45) is 3.18. The predicted octanol–water partition coefficient (Wildman–Crippen LogP) is 3.81. The van der Waals surface area contributed by atoms with Crippen LogP contribution in [0.4, 0.5) is 11.4 Å². The molecule has 206 valence electrons. The first-order valence-corrected chi connectivity index (χ1v) is 13.4. The van der Waals surface area contributed by atoms with Crippen LogP contribution in [0.5, 0.6) is 0 Å². The molecule has 0 bridgehead atoms. The summed E-state index contributed by atoms with van der Waals surface area (Å²) in [4.78, 5) is 30.5. The summed E-state index contributed by atoms with van der Waals surface area (Å²) in [6.45, 7) is 13.1. The molecule has 1 amide bonds. The number of aliphatic imine (C=N–C) groups is 1. The van der Waals surface area contributed by atoms with Gasteiger partial charge in [0.25, 0.3) is 11.7 Å². The van der Waals surface area contributed by atoms with Gasteiger partial charge in [0, 0.05) is 18.7 Å². The molecule has 1 unspecified atom stereocenters. The van der Waals surface area contributed by atoms with Crippen molar-refractivity contribution in [3.8, 4) is 6.07 Å². The van der Waals surface area contributed by atoms with Gasteiger partial charge in [-0.05, 0) is 78.8 Å². The first-order chi connectivity index (χ1) is 19.7. The molecule has 2 aromatic carbocycles. The molecule has 10 heteroatoms. The molecule has 3 aliphatic heterocycles. The maximum absolute atomic E-state index is 13.7. The Morgan fingerprint density at radius 3 is 2.80 bits per heavy atom. The topological polar surface area (TPSA) is 134 Å². The van der Waals surface area contributed by atoms with E-state index in [1.165, 1.54) is 0 Å². The Morgan fingerprint density at radius 1 is 1.20 bits per heavy atom. The highest BCUT2D eigenvalue weighted by atomic mass is 16.2. The number of amides is 1. The monoisotopic (exact) mass is 546 g/mol. The Balaban J connectivity index is 1.20. The van der Waals surface area contributed by atoms with Gasteiger partial charge in [0.1, 0.15) is 23.4 Å². The molecule has 0 aromatic heterocycles. The Labute approximate surface area is 238 Å². The first kappa shape index (κ1) is 26.1. The molecule has 3 heterocycles. The minimum atomic E-state index is -0.545. The van der Waals surface area contributed by atoms with E-state index in [0.29, 0.717) is 48.0 Å². The van der Waals surface area contributed by atoms with E-state index in [1.54, 1.807) is 23.2 Å². The molecule has 0 spiro atoms. The average Bonchev–Trinajstić information content (AvgIpc) is 3.67. The zero-order chi connectivity index (χ0) is 28.8. The van der Waals surface area contributed by atoms with Gasteiger partial charge in [-0.1, -0.05) is 25.3 Å². The molecule has 41 heavy (non-hydrogen) atoms. The number of Topliss-reactive ketones (excluding diaryl/α,β-unsaturated/α-hetero) is 1. The van der Waals surface area contributed by atoms with E-state index < -0.39 is 5.78 Å². The second kappa shape index (κ2) is 10.1. The molecule has 6 rings (SSSR count). The van der Waals surface area contributed by atoms with Crippen LogP contribution in [-0.4, -0.2) is 29.0 Å². The number of hydrazine groups is 1. The number of carbonyl (C=O) groups is 2. The summed E-state index contributed by atoms with van der Waals surface area (Å²) in [5.74, 6) is 0.645. The molecule has 1 aliphatic carbocycles. The van der Waals surface area contributed by atoms with Gasteiger partial charge < -0.3 is 21.3 Å². The second-order valence-corrected chi connectivity index (χ2v) is 10.6. The van der Waals surface area contributed by atoms with Crippen molar-refractivity contribution in [3.63, 3.8) is 0 Å². The molecular formula is C31H30N8O2. The molecule has 0 saturated heterocycles. The van der Waals surface area contributed by atoms with Crippen LogP contribution < -0.4 is 26.7 Å². The van der Waals surface area contributed by atoms with Gasteiger partial charge in [0.15, 0.2) is 0 Å². The summed E-state index contributed by atoms with van der Waals surface area (Å²) in [7, 11) is 0. The molecular weight excluding hydrogens is 516 g/mol. The van der Waals surface area contributed by atoms with Gasteiger partial charge in [-0.25, -0.2) is 10.4 Å². The van der Waals surface area contributed by atoms with Crippen molar-refractivity contribution in [1.29, 1.82) is 5.26 Å². The van der Waals surface area contributed by atoms with Gasteiger partial charge >= 0.3 is 0 Å². The smallest absolute Gasteiger partial charge is 0.270 e. The summed E-state index contributed by atoms with van der Waals surface area (Å²) in [5.41, 5.74) is 12.1. The second-order valence-electron chi connectivity index (χ2n) is 10.6. The summed E-state index contributed by atoms with van der Waals surface area (Å²) in [6, 6.07) is 11.1. The van der Waals surface area contributed by atoms with Crippen LogP contribution >= 0.6 is 0 Å². The van der Waals surface area contributed by atoms with Crippen molar-refractivity contribution in [2.45, 2.75) is 39.3 Å². The molecule has 4 aliphatic rings. The lowest BCUT2D eigenvalue weighted by molar-refractivity contribution is -0.119. The Bertz CT molecular complexity index is 1690. The lowest BCUT2D eigenvalue weighted by Crippen LogP contribution is -2.42. The van der Waals surface area contributed by atoms with E-state index in [-0.39, 0.29) is 11.9 Å². The van der Waals surface area contributed by atoms with Crippen LogP contribution in [0, 0.1) is 18.3 Å². The molecule has 0 saturated carbocycles. The highest BCUT2D eigenvalue weighted by molar-refractivity contribution is 6.13. The minimum absolute atomic E-state index is 0.206. The lowest BCUT2D eigenvalue weighted by atomic mass is 9.96. The highest BCUT2D eigenvalue weighted by Gasteiger charge is 2.34. The Kier molecular flexibility index (Phi) is 6.44. The number of nitriles is 1. The van der Waals surface area contributed by atoms with Crippen molar-refractivity contribution in [1.82, 2.24) is 21.1 Å². The standard InChI is InChI=1S/C31H30N8O2/c1-16-14-34-39-28(31(41)38-24-10-8-21-17(2)22(29(40)13-32)6-7-23(21)24)12-26(37-30(16)39)18(3)33-15-20-5-9-25-27(11-20)36-19(4)35-25/h5-7,9,11-12,24,33-36H,3-4,8,10,14-15H2,1-2H3,(H,38,41). The highest BCUT2D eigenvalue weighted by Crippen LogP contribution is 2.36. The zero-order valence-corrected chi connectivity index (χ0v) is 22.9. The number of carbonyl (C=O) groups excluding carboxylic acids is 2. The third-order valence-corrected chi connectivity index (χ3v) is 7.88. The summed E-state index contributed by atoms with van der Waals surface area (Å²) >= 11 is 0. The number of hydrogen-bond donors (Lipinski definition) is 5. The fourth-order valence-electron chi connectivity index (χ4n) is 5.69. The molecule has 10 nitrogen and oxygen atoms in total. The van der Waals surface area contributed by atoms with Crippen LogP contribution in [0.1, 0.15) is 52.0 Å². The van der Waals surface area contributed by atoms with E-state index in [9.17, 15) is 9.59 Å². The average molecular weight is 547 g/mol. The van der Waals surface area contributed by atoms with Crippen molar-refractivity contribution in [3.05, 3.63) is 106 Å². The third-order valence-electron chi connectivity index (χ3n) is 7.88. The van der Waals surface area contributed by atoms with Crippen molar-refractivity contribution < 1.29 is 9.59 Å². The fourth-order valence-corrected chi connectivity index (χ4v) is 5.69. The normalized spacial score (nSPS) is 18.3. The van der Waals surface area contributed by atoms with Gasteiger partial charge in [-0.15, -0.1) is 0 Å². The van der Waals surface area contributed by atoms with Crippen molar-refractivity contribution in [2.24, 2.45) is 4.99 Å². The summed E-state index contributed by atoms with van der Waals surface area (Å²) < 4.78 is 0. The molecule has 1 atom stereocenters. The summed E-state index contributed by atoms with van der Waals surface area (Å²) in [5, 5.41) is 23.7. The quantitative estimate of drug-likeness (QED) is 0.262. The van der Waals surface area contributed by atoms with E-state index in [4.69, 9.17) is 10.3 Å². The number of ketones is 1. The van der Waals surface area contributed by atoms with Crippen LogP contribution in [0.25, 0.3) is 0 Å². The van der Waals surface area contributed by atoms with Crippen LogP contribution in [0.2, 0.25) is 0 Å². The van der Waals surface area contributed by atoms with Gasteiger partial charge in [0.2, 0.25) is 0 Å². The maximum atomic E-state index is 13.7. The molecule has 0 fully saturated rings. The van der Waals surface area contributed by atoms with E-state index >= 15 is 0 Å². The number of anilines is 2. The molecule has 5 N–H and O–H groups in total. The zero-order valence-electron chi connectivity index (χ0n) is 22.9. The number of nitrogens with one attached hydrogen (secondary N) is 5. The maximum Gasteiger partial charge on any atom is 0.270 e. The molecule has 2 aromatic rings. The van der Waals surface area contributed by atoms with Crippen LogP contribution in [0.3, 0.4) is 0 Å². The van der Waals surface area contributed by atoms with Crippen LogP contribution in [-0.2, 0) is 17.8 Å². The molecule has 0 radical (unpaired) electrons. The number of hydrogen-bond acceptors (Lipinski definition) is 9. The number of allylic oxidation sites excluding steroid dienone is 1. The fraction of sp³-hybridized carbons (Fsp3) is 0.226. The van der Waals surface area contributed by atoms with Gasteiger partial charge in [0.05, 0.1) is 28.8 Å². The Hall–Kier alpha value is -5.14. The van der Waals surface area contributed by atoms with Crippen LogP contribution in [0.15, 0.2) is 83.2 Å².